The van der Waals surface area contributed by atoms with Crippen molar-refractivity contribution in [2.45, 2.75) is 6.43 Å². The Morgan fingerprint density at radius 2 is 2.17 bits per heavy atom. The first-order chi connectivity index (χ1) is 5.54. The predicted molar refractivity (Wildman–Crippen MR) is 48.0 cm³/mol. The number of pyridine rings is 1. The molecule has 12 heavy (non-hydrogen) atoms. The van der Waals surface area contributed by atoms with Crippen LogP contribution in [0.5, 0.6) is 5.75 Å². The molecule has 0 aromatic carbocycles. The third-order valence-electron chi connectivity index (χ3n) is 1.31. The van der Waals surface area contributed by atoms with Crippen LogP contribution >= 0.6 is 22.6 Å². The Morgan fingerprint density at radius 3 is 2.58 bits per heavy atom. The number of nitrogen functional groups attached to an aromatic ring is 1. The van der Waals surface area contributed by atoms with Gasteiger partial charge in [-0.1, -0.05) is 0 Å². The second kappa shape index (κ2) is 3.38. The number of hydrogen-bond donors (Lipinski definition) is 2. The van der Waals surface area contributed by atoms with Crippen LogP contribution in [0.1, 0.15) is 12.0 Å². The predicted octanol–water partition coefficient (Wildman–Crippen LogP) is 1.91. The summed E-state index contributed by atoms with van der Waals surface area (Å²) in [4.78, 5) is 3.54. The van der Waals surface area contributed by atoms with Crippen LogP contribution in [0.15, 0.2) is 6.20 Å². The molecule has 1 aromatic rings. The highest BCUT2D eigenvalue weighted by Gasteiger charge is 2.18. The molecule has 0 bridgehead atoms. The first-order valence-corrected chi connectivity index (χ1v) is 4.03. The molecule has 0 amide bonds. The smallest absolute Gasteiger partial charge is 0.268 e. The fourth-order valence-corrected chi connectivity index (χ4v) is 1.38. The summed E-state index contributed by atoms with van der Waals surface area (Å²) in [6, 6.07) is 0. The van der Waals surface area contributed by atoms with E-state index in [1.807, 2.05) is 0 Å². The van der Waals surface area contributed by atoms with Crippen molar-refractivity contribution in [1.29, 1.82) is 0 Å². The van der Waals surface area contributed by atoms with Crippen LogP contribution in [0.3, 0.4) is 0 Å². The lowest BCUT2D eigenvalue weighted by atomic mass is 10.2. The van der Waals surface area contributed by atoms with Gasteiger partial charge in [0.15, 0.2) is 5.75 Å². The normalized spacial score (nSPS) is 10.7. The molecule has 0 spiro atoms. The standard InChI is InChI=1S/C6H5F2IN2O/c7-5(8)3-4(10)2(12)1-11-6(3)9/h1,5,12H,(H2,10,11). The molecule has 0 fully saturated rings. The van der Waals surface area contributed by atoms with Gasteiger partial charge in [0.1, 0.15) is 3.70 Å². The Morgan fingerprint density at radius 1 is 1.58 bits per heavy atom. The van der Waals surface area contributed by atoms with Gasteiger partial charge in [-0.15, -0.1) is 0 Å². The SMILES string of the molecule is Nc1c(O)cnc(I)c1C(F)F. The molecule has 0 aliphatic rings. The monoisotopic (exact) mass is 286 g/mol. The second-order valence-corrected chi connectivity index (χ2v) is 3.08. The van der Waals surface area contributed by atoms with E-state index in [2.05, 4.69) is 4.98 Å². The Bertz CT molecular complexity index is 306. The second-order valence-electron chi connectivity index (χ2n) is 2.06. The molecule has 0 radical (unpaired) electrons. The number of nitrogens with two attached hydrogens (primary N) is 1. The van der Waals surface area contributed by atoms with E-state index in [0.717, 1.165) is 6.20 Å². The molecule has 0 aliphatic heterocycles. The van der Waals surface area contributed by atoms with E-state index in [0.29, 0.717) is 0 Å². The molecule has 0 aliphatic carbocycles. The number of aromatic hydroxyl groups is 1. The minimum atomic E-state index is -2.71. The Kier molecular flexibility index (Phi) is 2.65. The summed E-state index contributed by atoms with van der Waals surface area (Å²) in [7, 11) is 0. The van der Waals surface area contributed by atoms with Crippen molar-refractivity contribution < 1.29 is 13.9 Å². The lowest BCUT2D eigenvalue weighted by Gasteiger charge is -2.06. The molecule has 0 unspecified atom stereocenters. The summed E-state index contributed by atoms with van der Waals surface area (Å²) in [5.41, 5.74) is 4.50. The van der Waals surface area contributed by atoms with Crippen molar-refractivity contribution in [2.24, 2.45) is 0 Å². The van der Waals surface area contributed by atoms with Gasteiger partial charge in [-0.25, -0.2) is 13.8 Å². The van der Waals surface area contributed by atoms with Crippen LogP contribution in [-0.2, 0) is 0 Å². The first-order valence-electron chi connectivity index (χ1n) is 2.95. The topological polar surface area (TPSA) is 59.1 Å². The van der Waals surface area contributed by atoms with Crippen LogP contribution in [0.2, 0.25) is 0 Å². The lowest BCUT2D eigenvalue weighted by Crippen LogP contribution is -2.00. The molecule has 6 heteroatoms. The molecular weight excluding hydrogens is 281 g/mol. The number of halogens is 3. The third kappa shape index (κ3) is 1.57. The highest BCUT2D eigenvalue weighted by atomic mass is 127. The largest absolute Gasteiger partial charge is 0.504 e. The van der Waals surface area contributed by atoms with E-state index in [9.17, 15) is 8.78 Å². The molecule has 0 atom stereocenters. The van der Waals surface area contributed by atoms with Crippen LogP contribution < -0.4 is 5.73 Å². The summed E-state index contributed by atoms with van der Waals surface area (Å²) < 4.78 is 24.6. The number of hydrogen-bond acceptors (Lipinski definition) is 3. The van der Waals surface area contributed by atoms with Crippen LogP contribution in [-0.4, -0.2) is 10.1 Å². The van der Waals surface area contributed by atoms with Crippen molar-refractivity contribution in [3.8, 4) is 5.75 Å². The average Bonchev–Trinajstić information content (AvgIpc) is 1.97. The van der Waals surface area contributed by atoms with Crippen molar-refractivity contribution >= 4 is 28.3 Å². The summed E-state index contributed by atoms with van der Waals surface area (Å²) >= 11 is 1.64. The number of nitrogens with zero attached hydrogens (tertiary/aromatic N) is 1. The van der Waals surface area contributed by atoms with Crippen molar-refractivity contribution in [3.63, 3.8) is 0 Å². The highest BCUT2D eigenvalue weighted by molar-refractivity contribution is 14.1. The van der Waals surface area contributed by atoms with Gasteiger partial charge in [0.25, 0.3) is 6.43 Å². The zero-order valence-corrected chi connectivity index (χ0v) is 7.92. The van der Waals surface area contributed by atoms with E-state index in [-0.39, 0.29) is 9.39 Å². The van der Waals surface area contributed by atoms with Gasteiger partial charge in [-0.3, -0.25) is 0 Å². The van der Waals surface area contributed by atoms with Crippen molar-refractivity contribution in [2.75, 3.05) is 5.73 Å². The number of anilines is 1. The quantitative estimate of drug-likeness (QED) is 0.612. The minimum Gasteiger partial charge on any atom is -0.504 e. The van der Waals surface area contributed by atoms with E-state index >= 15 is 0 Å². The van der Waals surface area contributed by atoms with Gasteiger partial charge in [0.2, 0.25) is 0 Å². The Labute approximate surface area is 80.7 Å². The number of alkyl halides is 2. The van der Waals surface area contributed by atoms with Crippen LogP contribution in [0.25, 0.3) is 0 Å². The van der Waals surface area contributed by atoms with E-state index in [1.54, 1.807) is 22.6 Å². The van der Waals surface area contributed by atoms with E-state index in [4.69, 9.17) is 10.8 Å². The summed E-state index contributed by atoms with van der Waals surface area (Å²) in [6.07, 6.45) is -1.67. The maximum atomic E-state index is 12.2. The van der Waals surface area contributed by atoms with Crippen LogP contribution in [0, 0.1) is 3.70 Å². The maximum absolute atomic E-state index is 12.2. The number of aromatic nitrogens is 1. The van der Waals surface area contributed by atoms with Crippen LogP contribution in [0.4, 0.5) is 14.5 Å². The van der Waals surface area contributed by atoms with E-state index < -0.39 is 17.7 Å². The zero-order valence-electron chi connectivity index (χ0n) is 5.76. The molecule has 66 valence electrons. The fourth-order valence-electron chi connectivity index (χ4n) is 0.714. The highest BCUT2D eigenvalue weighted by Crippen LogP contribution is 2.33. The van der Waals surface area contributed by atoms with Gasteiger partial charge >= 0.3 is 0 Å². The van der Waals surface area contributed by atoms with Gasteiger partial charge in [-0.05, 0) is 22.6 Å². The minimum absolute atomic E-state index is 0.109. The van der Waals surface area contributed by atoms with Crippen molar-refractivity contribution in [1.82, 2.24) is 4.98 Å². The van der Waals surface area contributed by atoms with Gasteiger partial charge in [0.05, 0.1) is 17.4 Å². The Balaban J connectivity index is 3.33. The van der Waals surface area contributed by atoms with E-state index in [1.165, 1.54) is 0 Å². The molecule has 3 N–H and O–H groups in total. The first kappa shape index (κ1) is 9.43. The number of rotatable bonds is 1. The zero-order chi connectivity index (χ0) is 9.30. The molecule has 1 heterocycles. The maximum Gasteiger partial charge on any atom is 0.268 e. The van der Waals surface area contributed by atoms with Gasteiger partial charge < -0.3 is 10.8 Å². The lowest BCUT2D eigenvalue weighted by molar-refractivity contribution is 0.150. The molecule has 3 nitrogen and oxygen atoms in total. The average molecular weight is 286 g/mol. The summed E-state index contributed by atoms with van der Waals surface area (Å²) in [5, 5.41) is 8.95. The fraction of sp³-hybridized carbons (Fsp3) is 0.167. The molecule has 0 saturated carbocycles. The molecule has 0 saturated heterocycles. The summed E-state index contributed by atoms with van der Waals surface area (Å²) in [5.74, 6) is -0.411. The summed E-state index contributed by atoms with van der Waals surface area (Å²) in [6.45, 7) is 0. The van der Waals surface area contributed by atoms with Gasteiger partial charge in [-0.2, -0.15) is 0 Å². The molecule has 1 rings (SSSR count). The Hall–Kier alpha value is -0.660. The molecule has 1 aromatic heterocycles. The van der Waals surface area contributed by atoms with Crippen molar-refractivity contribution in [3.05, 3.63) is 15.5 Å². The molecular formula is C6H5F2IN2O. The third-order valence-corrected chi connectivity index (χ3v) is 2.17. The van der Waals surface area contributed by atoms with Gasteiger partial charge in [0, 0.05) is 0 Å².